The Hall–Kier alpha value is -1.14. The van der Waals surface area contributed by atoms with Gasteiger partial charge in [0.2, 0.25) is 0 Å². The molecule has 2 N–H and O–H groups in total. The van der Waals surface area contributed by atoms with Gasteiger partial charge in [-0.15, -0.1) is 0 Å². The van der Waals surface area contributed by atoms with Crippen LogP contribution in [-0.4, -0.2) is 40.4 Å². The molecule has 0 spiro atoms. The van der Waals surface area contributed by atoms with Crippen molar-refractivity contribution in [3.63, 3.8) is 0 Å². The Labute approximate surface area is 158 Å². The zero-order valence-corrected chi connectivity index (χ0v) is 15.9. The minimum Gasteiger partial charge on any atom is -0.393 e. The molecule has 0 aromatic heterocycles. The summed E-state index contributed by atoms with van der Waals surface area (Å²) in [6, 6.07) is 0. The van der Waals surface area contributed by atoms with Crippen LogP contribution < -0.4 is 0 Å². The van der Waals surface area contributed by atoms with Gasteiger partial charge in [0, 0.05) is 11.8 Å². The molecule has 0 radical (unpaired) electrons. The van der Waals surface area contributed by atoms with Gasteiger partial charge in [-0.25, -0.2) is 8.78 Å². The average Bonchev–Trinajstić information content (AvgIpc) is 2.91. The number of fused-ring (bicyclic) bond motifs is 5. The number of aliphatic hydroxyl groups is 2. The summed E-state index contributed by atoms with van der Waals surface area (Å²) in [4.78, 5) is 24.1. The van der Waals surface area contributed by atoms with E-state index in [0.717, 1.165) is 6.42 Å². The summed E-state index contributed by atoms with van der Waals surface area (Å²) < 4.78 is 30.3. The molecule has 3 saturated carbocycles. The van der Waals surface area contributed by atoms with Crippen LogP contribution in [0.4, 0.5) is 8.78 Å². The van der Waals surface area contributed by atoms with E-state index >= 15 is 8.78 Å². The third kappa shape index (κ3) is 2.38. The Balaban J connectivity index is 1.76. The van der Waals surface area contributed by atoms with E-state index < -0.39 is 47.6 Å². The number of carbonyl (C=O) groups excluding carboxylic acids is 2. The summed E-state index contributed by atoms with van der Waals surface area (Å²) in [6.45, 7) is 3.00. The highest BCUT2D eigenvalue weighted by molar-refractivity contribution is 5.92. The van der Waals surface area contributed by atoms with Crippen LogP contribution in [0.15, 0.2) is 11.6 Å². The van der Waals surface area contributed by atoms with Gasteiger partial charge in [0.15, 0.2) is 11.6 Å². The van der Waals surface area contributed by atoms with Crippen LogP contribution in [0.2, 0.25) is 0 Å². The van der Waals surface area contributed by atoms with E-state index in [1.54, 1.807) is 0 Å². The smallest absolute Gasteiger partial charge is 0.264 e. The van der Waals surface area contributed by atoms with Crippen molar-refractivity contribution in [2.24, 2.45) is 34.5 Å². The van der Waals surface area contributed by atoms with Crippen molar-refractivity contribution in [3.05, 3.63) is 11.6 Å². The van der Waals surface area contributed by atoms with Gasteiger partial charge in [-0.1, -0.05) is 12.5 Å². The molecule has 0 bridgehead atoms. The number of halogens is 2. The van der Waals surface area contributed by atoms with Crippen molar-refractivity contribution < 1.29 is 28.6 Å². The summed E-state index contributed by atoms with van der Waals surface area (Å²) in [5.41, 5.74) is -1.49. The van der Waals surface area contributed by atoms with E-state index in [1.807, 2.05) is 6.92 Å². The average molecular weight is 382 g/mol. The summed E-state index contributed by atoms with van der Waals surface area (Å²) in [6.07, 6.45) is 2.45. The Morgan fingerprint density at radius 3 is 2.63 bits per heavy atom. The summed E-state index contributed by atoms with van der Waals surface area (Å²) >= 11 is 0. The third-order valence-corrected chi connectivity index (χ3v) is 8.57. The van der Waals surface area contributed by atoms with Crippen LogP contribution in [0.25, 0.3) is 0 Å². The van der Waals surface area contributed by atoms with E-state index in [1.165, 1.54) is 13.0 Å². The van der Waals surface area contributed by atoms with Gasteiger partial charge >= 0.3 is 0 Å². The van der Waals surface area contributed by atoms with Crippen LogP contribution in [0, 0.1) is 34.5 Å². The highest BCUT2D eigenvalue weighted by atomic mass is 19.3. The quantitative estimate of drug-likeness (QED) is 0.770. The topological polar surface area (TPSA) is 74.6 Å². The molecular weight excluding hydrogens is 354 g/mol. The molecule has 27 heavy (non-hydrogen) atoms. The standard InChI is InChI=1S/C21H28F2O4/c1-19-9-16(26)18-13(14(19)5-6-15(19)17(27)10-24)4-3-11-7-12(25)8-21(22,23)20(11,18)2/h7,13-16,18,24,26H,3-6,8-10H2,1-2H3/t13-,14-,15+,16-,18+,19-,20-/m0/s1. The summed E-state index contributed by atoms with van der Waals surface area (Å²) in [5.74, 6) is -4.86. The summed E-state index contributed by atoms with van der Waals surface area (Å²) in [7, 11) is 0. The van der Waals surface area contributed by atoms with Crippen LogP contribution in [0.5, 0.6) is 0 Å². The van der Waals surface area contributed by atoms with Gasteiger partial charge in [-0.2, -0.15) is 0 Å². The molecule has 0 aromatic carbocycles. The van der Waals surface area contributed by atoms with Gasteiger partial charge in [0.05, 0.1) is 17.9 Å². The lowest BCUT2D eigenvalue weighted by Gasteiger charge is -2.61. The lowest BCUT2D eigenvalue weighted by atomic mass is 9.45. The maximum absolute atomic E-state index is 15.2. The first-order valence-corrected chi connectivity index (χ1v) is 9.99. The van der Waals surface area contributed by atoms with Crippen LogP contribution in [0.3, 0.4) is 0 Å². The maximum atomic E-state index is 15.2. The molecule has 0 amide bonds. The fourth-order valence-corrected chi connectivity index (χ4v) is 7.35. The molecule has 0 aromatic rings. The zero-order chi connectivity index (χ0) is 19.8. The third-order valence-electron chi connectivity index (χ3n) is 8.57. The Bertz CT molecular complexity index is 717. The number of allylic oxidation sites excluding steroid dienone is 1. The molecule has 0 unspecified atom stereocenters. The number of carbonyl (C=O) groups is 2. The second kappa shape index (κ2) is 5.93. The maximum Gasteiger partial charge on any atom is 0.264 e. The van der Waals surface area contributed by atoms with Gasteiger partial charge in [0.25, 0.3) is 5.92 Å². The van der Waals surface area contributed by atoms with E-state index in [2.05, 4.69) is 0 Å². The lowest BCUT2D eigenvalue weighted by Crippen LogP contribution is -2.62. The van der Waals surface area contributed by atoms with E-state index in [0.29, 0.717) is 31.3 Å². The minimum atomic E-state index is -3.18. The SMILES string of the molecule is C[C@]12C[C@H](O)[C@H]3[C@@H](CCC4=CC(=O)CC(F)(F)[C@@]43C)[C@@H]1CC[C@@H]2C(=O)CO. The molecule has 6 heteroatoms. The molecule has 4 aliphatic carbocycles. The van der Waals surface area contributed by atoms with Gasteiger partial charge < -0.3 is 10.2 Å². The molecule has 0 aliphatic heterocycles. The zero-order valence-electron chi connectivity index (χ0n) is 15.9. The normalized spacial score (nSPS) is 48.3. The predicted molar refractivity (Wildman–Crippen MR) is 94.0 cm³/mol. The molecule has 7 atom stereocenters. The molecule has 4 aliphatic rings. The fraction of sp³-hybridized carbons (Fsp3) is 0.810. The number of hydrogen-bond donors (Lipinski definition) is 2. The van der Waals surface area contributed by atoms with Crippen LogP contribution in [0.1, 0.15) is 52.4 Å². The van der Waals surface area contributed by atoms with Crippen molar-refractivity contribution in [2.75, 3.05) is 6.61 Å². The molecule has 0 saturated heterocycles. The summed E-state index contributed by atoms with van der Waals surface area (Å²) in [5, 5.41) is 20.4. The predicted octanol–water partition coefficient (Wildman–Crippen LogP) is 2.91. The van der Waals surface area contributed by atoms with Crippen LogP contribution in [-0.2, 0) is 9.59 Å². The Morgan fingerprint density at radius 1 is 1.26 bits per heavy atom. The lowest BCUT2D eigenvalue weighted by molar-refractivity contribution is -0.207. The van der Waals surface area contributed by atoms with E-state index in [-0.39, 0.29) is 23.5 Å². The van der Waals surface area contributed by atoms with Gasteiger partial charge in [-0.3, -0.25) is 9.59 Å². The van der Waals surface area contributed by atoms with Crippen molar-refractivity contribution in [1.82, 2.24) is 0 Å². The second-order valence-electron chi connectivity index (χ2n) is 9.59. The number of alkyl halides is 2. The fourth-order valence-electron chi connectivity index (χ4n) is 7.35. The first-order chi connectivity index (χ1) is 12.6. The van der Waals surface area contributed by atoms with E-state index in [9.17, 15) is 19.8 Å². The number of rotatable bonds is 2. The molecule has 4 rings (SSSR count). The minimum absolute atomic E-state index is 0.0817. The first kappa shape index (κ1) is 19.2. The van der Waals surface area contributed by atoms with Crippen molar-refractivity contribution in [1.29, 1.82) is 0 Å². The molecule has 150 valence electrons. The number of hydrogen-bond acceptors (Lipinski definition) is 4. The molecule has 3 fully saturated rings. The Kier molecular flexibility index (Phi) is 4.21. The van der Waals surface area contributed by atoms with Crippen molar-refractivity contribution >= 4 is 11.6 Å². The van der Waals surface area contributed by atoms with Gasteiger partial charge in [0.1, 0.15) is 6.61 Å². The largest absolute Gasteiger partial charge is 0.393 e. The van der Waals surface area contributed by atoms with Crippen molar-refractivity contribution in [2.45, 2.75) is 64.4 Å². The monoisotopic (exact) mass is 382 g/mol. The van der Waals surface area contributed by atoms with E-state index in [4.69, 9.17) is 0 Å². The first-order valence-electron chi connectivity index (χ1n) is 9.99. The second-order valence-corrected chi connectivity index (χ2v) is 9.59. The molecule has 4 nitrogen and oxygen atoms in total. The molecular formula is C21H28F2O4. The highest BCUT2D eigenvalue weighted by Crippen LogP contribution is 2.68. The number of aliphatic hydroxyl groups excluding tert-OH is 2. The Morgan fingerprint density at radius 2 is 1.96 bits per heavy atom. The number of Topliss-reactive ketones (excluding diaryl/α,β-unsaturated/α-hetero) is 1. The highest BCUT2D eigenvalue weighted by Gasteiger charge is 2.69. The van der Waals surface area contributed by atoms with Gasteiger partial charge in [-0.05, 0) is 62.4 Å². The van der Waals surface area contributed by atoms with Crippen molar-refractivity contribution in [3.8, 4) is 0 Å². The van der Waals surface area contributed by atoms with Crippen LogP contribution >= 0.6 is 0 Å². The number of ketones is 2. The molecule has 0 heterocycles.